The molecule has 0 saturated carbocycles. The van der Waals surface area contributed by atoms with Crippen LogP contribution in [0.5, 0.6) is 5.75 Å². The van der Waals surface area contributed by atoms with Crippen LogP contribution in [-0.2, 0) is 4.79 Å². The van der Waals surface area contributed by atoms with Crippen molar-refractivity contribution in [2.24, 2.45) is 11.3 Å². The highest BCUT2D eigenvalue weighted by atomic mass is 16.5. The smallest absolute Gasteiger partial charge is 0.260 e. The average molecular weight is 286 g/mol. The Morgan fingerprint density at radius 1 is 1.38 bits per heavy atom. The molecule has 0 N–H and O–H groups in total. The van der Waals surface area contributed by atoms with Crippen LogP contribution >= 0.6 is 0 Å². The summed E-state index contributed by atoms with van der Waals surface area (Å²) in [6.07, 6.45) is 1.06. The minimum absolute atomic E-state index is 0.0334. The standard InChI is InChI=1S/C17H22N2O2/c1-17(2,3)14-8-9-19(11-14)16(20)12-21-15-6-4-13(10-18)5-7-15/h4-7,14H,8-9,11-12H2,1-3H3. The van der Waals surface area contributed by atoms with Crippen molar-refractivity contribution in [1.82, 2.24) is 4.90 Å². The van der Waals surface area contributed by atoms with E-state index >= 15 is 0 Å². The van der Waals surface area contributed by atoms with E-state index in [0.717, 1.165) is 19.5 Å². The molecule has 0 aliphatic carbocycles. The van der Waals surface area contributed by atoms with Crippen molar-refractivity contribution < 1.29 is 9.53 Å². The minimum Gasteiger partial charge on any atom is -0.484 e. The van der Waals surface area contributed by atoms with E-state index in [1.165, 1.54) is 0 Å². The van der Waals surface area contributed by atoms with Gasteiger partial charge in [0.25, 0.3) is 5.91 Å². The first-order valence-corrected chi connectivity index (χ1v) is 7.31. The first-order chi connectivity index (χ1) is 9.90. The third-order valence-electron chi connectivity index (χ3n) is 4.11. The third-order valence-corrected chi connectivity index (χ3v) is 4.11. The van der Waals surface area contributed by atoms with Gasteiger partial charge in [0.15, 0.2) is 6.61 Å². The highest BCUT2D eigenvalue weighted by Crippen LogP contribution is 2.33. The summed E-state index contributed by atoms with van der Waals surface area (Å²) in [6.45, 7) is 8.36. The molecule has 4 nitrogen and oxygen atoms in total. The number of rotatable bonds is 3. The van der Waals surface area contributed by atoms with Crippen LogP contribution < -0.4 is 4.74 Å². The van der Waals surface area contributed by atoms with Crippen LogP contribution in [0.4, 0.5) is 0 Å². The number of carbonyl (C=O) groups is 1. The molecule has 1 aliphatic heterocycles. The fourth-order valence-electron chi connectivity index (χ4n) is 2.56. The monoisotopic (exact) mass is 286 g/mol. The fraction of sp³-hybridized carbons (Fsp3) is 0.529. The Morgan fingerprint density at radius 3 is 2.57 bits per heavy atom. The van der Waals surface area contributed by atoms with Crippen LogP contribution in [0.25, 0.3) is 0 Å². The topological polar surface area (TPSA) is 53.3 Å². The number of nitrogens with zero attached hydrogens (tertiary/aromatic N) is 2. The quantitative estimate of drug-likeness (QED) is 0.858. The molecule has 1 atom stereocenters. The van der Waals surface area contributed by atoms with E-state index in [9.17, 15) is 4.79 Å². The molecule has 1 saturated heterocycles. The molecule has 0 spiro atoms. The Kier molecular flexibility index (Phi) is 4.52. The van der Waals surface area contributed by atoms with Gasteiger partial charge in [-0.05, 0) is 42.0 Å². The largest absolute Gasteiger partial charge is 0.484 e. The Labute approximate surface area is 126 Å². The molecule has 1 aromatic carbocycles. The number of hydrogen-bond acceptors (Lipinski definition) is 3. The summed E-state index contributed by atoms with van der Waals surface area (Å²) in [5.74, 6) is 1.20. The van der Waals surface area contributed by atoms with Gasteiger partial charge in [0.2, 0.25) is 0 Å². The van der Waals surface area contributed by atoms with Crippen LogP contribution in [0, 0.1) is 22.7 Å². The van der Waals surface area contributed by atoms with Gasteiger partial charge in [-0.15, -0.1) is 0 Å². The summed E-state index contributed by atoms with van der Waals surface area (Å²) in [4.78, 5) is 14.1. The van der Waals surface area contributed by atoms with E-state index in [1.54, 1.807) is 24.3 Å². The summed E-state index contributed by atoms with van der Waals surface area (Å²) < 4.78 is 5.50. The second-order valence-corrected chi connectivity index (χ2v) is 6.62. The number of likely N-dealkylation sites (tertiary alicyclic amines) is 1. The molecule has 1 heterocycles. The van der Waals surface area contributed by atoms with Gasteiger partial charge in [-0.3, -0.25) is 4.79 Å². The van der Waals surface area contributed by atoms with Crippen molar-refractivity contribution in [2.75, 3.05) is 19.7 Å². The van der Waals surface area contributed by atoms with E-state index in [0.29, 0.717) is 17.2 Å². The van der Waals surface area contributed by atoms with Crippen LogP contribution in [0.3, 0.4) is 0 Å². The SMILES string of the molecule is CC(C)(C)C1CCN(C(=O)COc2ccc(C#N)cc2)C1. The van der Waals surface area contributed by atoms with Crippen LogP contribution in [0.15, 0.2) is 24.3 Å². The van der Waals surface area contributed by atoms with E-state index in [1.807, 2.05) is 4.90 Å². The molecule has 1 amide bonds. The van der Waals surface area contributed by atoms with Crippen molar-refractivity contribution in [1.29, 1.82) is 5.26 Å². The maximum absolute atomic E-state index is 12.2. The second kappa shape index (κ2) is 6.17. The fourth-order valence-corrected chi connectivity index (χ4v) is 2.56. The number of hydrogen-bond donors (Lipinski definition) is 0. The van der Waals surface area contributed by atoms with E-state index in [-0.39, 0.29) is 17.9 Å². The molecular formula is C17H22N2O2. The zero-order valence-electron chi connectivity index (χ0n) is 12.9. The Hall–Kier alpha value is -2.02. The Bertz CT molecular complexity index is 537. The van der Waals surface area contributed by atoms with Crippen molar-refractivity contribution in [3.05, 3.63) is 29.8 Å². The summed E-state index contributed by atoms with van der Waals surface area (Å²) in [7, 11) is 0. The number of benzene rings is 1. The number of carbonyl (C=O) groups excluding carboxylic acids is 1. The first kappa shape index (κ1) is 15.4. The Morgan fingerprint density at radius 2 is 2.05 bits per heavy atom. The highest BCUT2D eigenvalue weighted by molar-refractivity contribution is 5.78. The van der Waals surface area contributed by atoms with Gasteiger partial charge in [-0.1, -0.05) is 20.8 Å². The molecule has 112 valence electrons. The van der Waals surface area contributed by atoms with Gasteiger partial charge in [0, 0.05) is 13.1 Å². The minimum atomic E-state index is 0.0334. The molecule has 1 fully saturated rings. The van der Waals surface area contributed by atoms with Gasteiger partial charge in [0.1, 0.15) is 5.75 Å². The van der Waals surface area contributed by atoms with Crippen molar-refractivity contribution in [3.63, 3.8) is 0 Å². The second-order valence-electron chi connectivity index (χ2n) is 6.62. The lowest BCUT2D eigenvalue weighted by atomic mass is 9.80. The molecule has 1 aromatic rings. The van der Waals surface area contributed by atoms with E-state index in [2.05, 4.69) is 26.8 Å². The molecule has 0 aromatic heterocycles. The molecule has 2 rings (SSSR count). The molecule has 1 aliphatic rings. The third kappa shape index (κ3) is 3.98. The first-order valence-electron chi connectivity index (χ1n) is 7.31. The van der Waals surface area contributed by atoms with Gasteiger partial charge in [0.05, 0.1) is 11.6 Å². The lowest BCUT2D eigenvalue weighted by Gasteiger charge is -2.26. The van der Waals surface area contributed by atoms with E-state index in [4.69, 9.17) is 10.00 Å². The predicted octanol–water partition coefficient (Wildman–Crippen LogP) is 2.83. The summed E-state index contributed by atoms with van der Waals surface area (Å²) in [5.41, 5.74) is 0.824. The van der Waals surface area contributed by atoms with Crippen molar-refractivity contribution in [2.45, 2.75) is 27.2 Å². The molecular weight excluding hydrogens is 264 g/mol. The zero-order chi connectivity index (χ0) is 15.5. The zero-order valence-corrected chi connectivity index (χ0v) is 12.9. The molecule has 1 unspecified atom stereocenters. The van der Waals surface area contributed by atoms with Crippen LogP contribution in [0.2, 0.25) is 0 Å². The van der Waals surface area contributed by atoms with Gasteiger partial charge in [-0.25, -0.2) is 0 Å². The van der Waals surface area contributed by atoms with Crippen molar-refractivity contribution >= 4 is 5.91 Å². The maximum Gasteiger partial charge on any atom is 0.260 e. The number of ether oxygens (including phenoxy) is 1. The Balaban J connectivity index is 1.84. The van der Waals surface area contributed by atoms with Gasteiger partial charge >= 0.3 is 0 Å². The highest BCUT2D eigenvalue weighted by Gasteiger charge is 2.33. The van der Waals surface area contributed by atoms with Gasteiger partial charge < -0.3 is 9.64 Å². The molecule has 4 heteroatoms. The lowest BCUT2D eigenvalue weighted by Crippen LogP contribution is -2.34. The predicted molar refractivity (Wildman–Crippen MR) is 80.8 cm³/mol. The van der Waals surface area contributed by atoms with Crippen LogP contribution in [0.1, 0.15) is 32.8 Å². The average Bonchev–Trinajstić information content (AvgIpc) is 2.95. The lowest BCUT2D eigenvalue weighted by molar-refractivity contribution is -0.132. The van der Waals surface area contributed by atoms with E-state index < -0.39 is 0 Å². The summed E-state index contributed by atoms with van der Waals surface area (Å²) in [5, 5.41) is 8.73. The number of amides is 1. The normalized spacial score (nSPS) is 18.4. The number of nitriles is 1. The van der Waals surface area contributed by atoms with Gasteiger partial charge in [-0.2, -0.15) is 5.26 Å². The maximum atomic E-state index is 12.2. The van der Waals surface area contributed by atoms with Crippen LogP contribution in [-0.4, -0.2) is 30.5 Å². The molecule has 21 heavy (non-hydrogen) atoms. The summed E-state index contributed by atoms with van der Waals surface area (Å²) in [6, 6.07) is 8.86. The van der Waals surface area contributed by atoms with Crippen molar-refractivity contribution in [3.8, 4) is 11.8 Å². The summed E-state index contributed by atoms with van der Waals surface area (Å²) >= 11 is 0. The molecule has 0 radical (unpaired) electrons. The molecule has 0 bridgehead atoms.